The number of rotatable bonds is 1. The van der Waals surface area contributed by atoms with Crippen LogP contribution in [0, 0.1) is 0 Å². The summed E-state index contributed by atoms with van der Waals surface area (Å²) in [5.41, 5.74) is 4.83. The molecule has 1 heterocycles. The van der Waals surface area contributed by atoms with Crippen molar-refractivity contribution in [2.45, 2.75) is 105 Å². The molecule has 0 saturated heterocycles. The molecule has 0 aliphatic rings. The molecular formula is C33H50Cl2O2STi. The molecule has 0 aliphatic carbocycles. The molecule has 0 unspecified atom stereocenters. The van der Waals surface area contributed by atoms with Crippen molar-refractivity contribution in [2.24, 2.45) is 0 Å². The Morgan fingerprint density at radius 3 is 1.15 bits per heavy atom. The molecular weight excluding hydrogens is 579 g/mol. The van der Waals surface area contributed by atoms with E-state index >= 15 is 0 Å². The number of phenolic OH excluding ortho intramolecular Hbond substituents is 2. The maximum absolute atomic E-state index is 9.84. The molecule has 0 saturated carbocycles. The number of phenols is 2. The molecule has 0 amide bonds. The summed E-state index contributed by atoms with van der Waals surface area (Å²) < 4.78 is 2.10. The van der Waals surface area contributed by atoms with Gasteiger partial charge < -0.3 is 10.2 Å². The standard InChI is InChI=1S/2C14H22O.C5H4S.2ClH.Ti/c2*1-13(2,3)10-7-8-12(15)11(9-10)14(4,5)6;1-5-3-2-4-6-5;;;/h2*7-9,15H,1-6H3;1-4H;2*1H;. The molecule has 0 radical (unpaired) electrons. The first-order valence-electron chi connectivity index (χ1n) is 12.9. The van der Waals surface area contributed by atoms with E-state index in [0.29, 0.717) is 11.5 Å². The molecule has 0 spiro atoms. The van der Waals surface area contributed by atoms with Gasteiger partial charge in [-0.15, -0.1) is 24.8 Å². The number of halogens is 2. The van der Waals surface area contributed by atoms with Gasteiger partial charge in [0.25, 0.3) is 0 Å². The zero-order valence-corrected chi connectivity index (χ0v) is 29.9. The third-order valence-electron chi connectivity index (χ3n) is 6.03. The summed E-state index contributed by atoms with van der Waals surface area (Å²) in [4.78, 5) is 1.35. The van der Waals surface area contributed by atoms with Crippen molar-refractivity contribution >= 4 is 40.5 Å². The van der Waals surface area contributed by atoms with Gasteiger partial charge in [-0.25, -0.2) is 0 Å². The van der Waals surface area contributed by atoms with Crippen LogP contribution in [0.15, 0.2) is 53.9 Å². The van der Waals surface area contributed by atoms with Crippen LogP contribution in [0.4, 0.5) is 0 Å². The third kappa shape index (κ3) is 13.4. The van der Waals surface area contributed by atoms with E-state index in [1.54, 1.807) is 23.5 Å². The second kappa shape index (κ2) is 15.8. The van der Waals surface area contributed by atoms with Crippen LogP contribution in [0.1, 0.15) is 110 Å². The van der Waals surface area contributed by atoms with Crippen molar-refractivity contribution in [3.8, 4) is 11.5 Å². The van der Waals surface area contributed by atoms with E-state index in [1.165, 1.54) is 16.0 Å². The first-order chi connectivity index (χ1) is 16.7. The molecule has 2 aromatic carbocycles. The van der Waals surface area contributed by atoms with E-state index in [0.717, 1.165) is 11.1 Å². The van der Waals surface area contributed by atoms with Crippen LogP contribution in [0.2, 0.25) is 0 Å². The van der Waals surface area contributed by atoms with Gasteiger partial charge in [0.05, 0.1) is 0 Å². The SMILES string of the molecule is CC(C)(C)c1ccc(O)c(C(C)(C)C)c1.CC(C)(C)c1ccc(O)c(C(C)(C)C)c1.Cl.Cl.[Ti]=[CH]c1cccs1. The van der Waals surface area contributed by atoms with Gasteiger partial charge >= 0.3 is 58.0 Å². The van der Waals surface area contributed by atoms with Crippen molar-refractivity contribution in [1.29, 1.82) is 0 Å². The van der Waals surface area contributed by atoms with Crippen molar-refractivity contribution in [2.75, 3.05) is 0 Å². The maximum atomic E-state index is 9.84. The van der Waals surface area contributed by atoms with E-state index < -0.39 is 0 Å². The number of hydrogen-bond donors (Lipinski definition) is 2. The average molecular weight is 630 g/mol. The van der Waals surface area contributed by atoms with Crippen LogP contribution in [0.3, 0.4) is 0 Å². The summed E-state index contributed by atoms with van der Waals surface area (Å²) in [6, 6.07) is 16.0. The van der Waals surface area contributed by atoms with Crippen molar-refractivity contribution in [1.82, 2.24) is 0 Å². The molecule has 39 heavy (non-hydrogen) atoms. The van der Waals surface area contributed by atoms with Gasteiger partial charge in [0.1, 0.15) is 11.5 Å². The first kappa shape index (κ1) is 40.0. The van der Waals surface area contributed by atoms with Gasteiger partial charge in [-0.2, -0.15) is 0 Å². The molecule has 0 aliphatic heterocycles. The van der Waals surface area contributed by atoms with E-state index in [4.69, 9.17) is 0 Å². The molecule has 0 fully saturated rings. The van der Waals surface area contributed by atoms with Crippen LogP contribution >= 0.6 is 36.2 Å². The Kier molecular flexibility index (Phi) is 16.2. The minimum absolute atomic E-state index is 0. The second-order valence-electron chi connectivity index (χ2n) is 13.6. The number of benzene rings is 2. The molecule has 0 bridgehead atoms. The van der Waals surface area contributed by atoms with E-state index in [2.05, 4.69) is 117 Å². The predicted octanol–water partition coefficient (Wildman–Crippen LogP) is 10.3. The predicted molar refractivity (Wildman–Crippen MR) is 175 cm³/mol. The Morgan fingerprint density at radius 2 is 0.949 bits per heavy atom. The zero-order valence-electron chi connectivity index (χ0n) is 25.9. The number of aromatic hydroxyl groups is 2. The fraction of sp³-hybridized carbons (Fsp3) is 0.485. The Balaban J connectivity index is 0. The van der Waals surface area contributed by atoms with Crippen molar-refractivity contribution in [3.05, 3.63) is 81.0 Å². The van der Waals surface area contributed by atoms with Gasteiger partial charge in [-0.3, -0.25) is 0 Å². The number of hydrogen-bond acceptors (Lipinski definition) is 3. The monoisotopic (exact) mass is 628 g/mol. The van der Waals surface area contributed by atoms with Crippen molar-refractivity contribution < 1.29 is 30.2 Å². The molecule has 2 nitrogen and oxygen atoms in total. The molecule has 218 valence electrons. The van der Waals surface area contributed by atoms with Gasteiger partial charge in [0, 0.05) is 0 Å². The van der Waals surface area contributed by atoms with Crippen LogP contribution in [0.5, 0.6) is 11.5 Å². The minimum atomic E-state index is -0.00859. The summed E-state index contributed by atoms with van der Waals surface area (Å²) >= 11 is 3.81. The van der Waals surface area contributed by atoms with Crippen LogP contribution in [-0.2, 0) is 41.6 Å². The molecule has 2 N–H and O–H groups in total. The Hall–Kier alpha value is -1.10. The summed E-state index contributed by atoms with van der Waals surface area (Å²) in [6.45, 7) is 25.8. The molecule has 1 aromatic heterocycles. The van der Waals surface area contributed by atoms with E-state index in [-0.39, 0.29) is 46.5 Å². The fourth-order valence-corrected chi connectivity index (χ4v) is 4.59. The summed E-state index contributed by atoms with van der Waals surface area (Å²) in [6.07, 6.45) is 0. The number of thiophene rings is 1. The average Bonchev–Trinajstić information content (AvgIpc) is 3.26. The Morgan fingerprint density at radius 1 is 0.590 bits per heavy atom. The van der Waals surface area contributed by atoms with Gasteiger partial charge in [0.2, 0.25) is 0 Å². The van der Waals surface area contributed by atoms with Crippen molar-refractivity contribution in [3.63, 3.8) is 0 Å². The van der Waals surface area contributed by atoms with Gasteiger partial charge in [-0.1, -0.05) is 107 Å². The molecule has 0 atom stereocenters. The summed E-state index contributed by atoms with van der Waals surface area (Å²) in [5.74, 6) is 0.797. The molecule has 3 rings (SSSR count). The summed E-state index contributed by atoms with van der Waals surface area (Å²) in [7, 11) is 0. The zero-order chi connectivity index (χ0) is 28.8. The third-order valence-corrected chi connectivity index (χ3v) is 7.66. The van der Waals surface area contributed by atoms with E-state index in [9.17, 15) is 10.2 Å². The van der Waals surface area contributed by atoms with Gasteiger partial charge in [-0.05, 0) is 56.0 Å². The normalized spacial score (nSPS) is 11.5. The van der Waals surface area contributed by atoms with E-state index in [1.807, 2.05) is 32.1 Å². The van der Waals surface area contributed by atoms with Crippen LogP contribution in [0.25, 0.3) is 0 Å². The van der Waals surface area contributed by atoms with Crippen LogP contribution < -0.4 is 0 Å². The fourth-order valence-electron chi connectivity index (χ4n) is 3.58. The Labute approximate surface area is 266 Å². The quantitative estimate of drug-likeness (QED) is 0.263. The Bertz CT molecular complexity index is 1070. The first-order valence-corrected chi connectivity index (χ1v) is 14.7. The topological polar surface area (TPSA) is 40.5 Å². The molecule has 3 aromatic rings. The molecule has 6 heteroatoms. The summed E-state index contributed by atoms with van der Waals surface area (Å²) in [5, 5.41) is 21.8. The van der Waals surface area contributed by atoms with Gasteiger partial charge in [0.15, 0.2) is 0 Å². The van der Waals surface area contributed by atoms with Crippen LogP contribution in [-0.4, -0.2) is 14.5 Å². The second-order valence-corrected chi connectivity index (χ2v) is 15.1.